The number of nitrogens with two attached hydrogens (primary N) is 1. The van der Waals surface area contributed by atoms with E-state index in [4.69, 9.17) is 10.8 Å². The van der Waals surface area contributed by atoms with E-state index in [2.05, 4.69) is 16.0 Å². The second-order valence-electron chi connectivity index (χ2n) is 3.42. The Morgan fingerprint density at radius 1 is 1.53 bits per heavy atom. The quantitative estimate of drug-likeness (QED) is 0.275. The number of nitrogens with one attached hydrogen (secondary N) is 1. The SMILES string of the molecule is NC(=NCC(F)(F)F)NCCC[C@H]([NH3+])C(=O)O. The summed E-state index contributed by atoms with van der Waals surface area (Å²) in [5, 5.41) is 11.0. The predicted molar refractivity (Wildman–Crippen MR) is 54.1 cm³/mol. The first-order valence-electron chi connectivity index (χ1n) is 4.89. The van der Waals surface area contributed by atoms with Crippen molar-refractivity contribution in [3.8, 4) is 0 Å². The fourth-order valence-electron chi connectivity index (χ4n) is 0.919. The van der Waals surface area contributed by atoms with Gasteiger partial charge in [0.1, 0.15) is 6.54 Å². The Morgan fingerprint density at radius 2 is 2.12 bits per heavy atom. The molecule has 0 bridgehead atoms. The maximum atomic E-state index is 11.7. The molecule has 0 aromatic heterocycles. The molecule has 0 aromatic rings. The van der Waals surface area contributed by atoms with Crippen molar-refractivity contribution in [3.05, 3.63) is 0 Å². The third-order valence-electron chi connectivity index (χ3n) is 1.81. The third kappa shape index (κ3) is 9.42. The molecule has 0 radical (unpaired) electrons. The summed E-state index contributed by atoms with van der Waals surface area (Å²) in [6.45, 7) is -1.08. The minimum absolute atomic E-state index is 0.256. The maximum absolute atomic E-state index is 11.7. The summed E-state index contributed by atoms with van der Waals surface area (Å²) < 4.78 is 35.2. The zero-order valence-electron chi connectivity index (χ0n) is 9.13. The highest BCUT2D eigenvalue weighted by Crippen LogP contribution is 2.13. The van der Waals surface area contributed by atoms with Gasteiger partial charge in [-0.25, -0.2) is 9.79 Å². The van der Waals surface area contributed by atoms with Crippen LogP contribution in [0.5, 0.6) is 0 Å². The van der Waals surface area contributed by atoms with Gasteiger partial charge in [0.15, 0.2) is 12.0 Å². The van der Waals surface area contributed by atoms with Crippen molar-refractivity contribution in [1.29, 1.82) is 0 Å². The van der Waals surface area contributed by atoms with Gasteiger partial charge >= 0.3 is 12.1 Å². The topological polar surface area (TPSA) is 115 Å². The Bertz CT molecular complexity index is 280. The van der Waals surface area contributed by atoms with Crippen molar-refractivity contribution < 1.29 is 28.8 Å². The number of rotatable bonds is 6. The van der Waals surface area contributed by atoms with Gasteiger partial charge in [0, 0.05) is 13.0 Å². The molecule has 0 aliphatic heterocycles. The molecule has 9 heteroatoms. The van der Waals surface area contributed by atoms with Crippen molar-refractivity contribution in [2.24, 2.45) is 10.7 Å². The van der Waals surface area contributed by atoms with E-state index >= 15 is 0 Å². The number of aliphatic imine (C=N–C) groups is 1. The summed E-state index contributed by atoms with van der Waals surface area (Å²) in [6, 6.07) is -0.731. The molecule has 0 aromatic carbocycles. The van der Waals surface area contributed by atoms with Gasteiger partial charge in [0.2, 0.25) is 0 Å². The van der Waals surface area contributed by atoms with E-state index in [0.29, 0.717) is 12.8 Å². The third-order valence-corrected chi connectivity index (χ3v) is 1.81. The fourth-order valence-corrected chi connectivity index (χ4v) is 0.919. The standard InChI is InChI=1S/C8H15F3N4O2/c9-8(10,11)4-15-7(13)14-3-1-2-5(12)6(16)17/h5H,1-4,12H2,(H,16,17)(H3,13,14,15)/p+1/t5-/m0/s1. The molecule has 0 aliphatic carbocycles. The molecule has 1 atom stereocenters. The molecule has 0 aliphatic rings. The summed E-state index contributed by atoms with van der Waals surface area (Å²) >= 11 is 0. The van der Waals surface area contributed by atoms with Crippen LogP contribution < -0.4 is 16.8 Å². The van der Waals surface area contributed by atoms with Gasteiger partial charge in [-0.15, -0.1) is 0 Å². The molecule has 0 spiro atoms. The number of halogens is 3. The first-order valence-corrected chi connectivity index (χ1v) is 4.89. The Labute approximate surface area is 95.9 Å². The second-order valence-corrected chi connectivity index (χ2v) is 3.42. The number of hydrogen-bond donors (Lipinski definition) is 4. The number of nitrogens with zero attached hydrogens (tertiary/aromatic N) is 1. The van der Waals surface area contributed by atoms with E-state index in [0.717, 1.165) is 0 Å². The molecular weight excluding hydrogens is 241 g/mol. The van der Waals surface area contributed by atoms with E-state index in [1.807, 2.05) is 0 Å². The minimum atomic E-state index is -4.38. The summed E-state index contributed by atoms with van der Waals surface area (Å²) in [6.07, 6.45) is -3.63. The maximum Gasteiger partial charge on any atom is 0.408 e. The number of hydrogen-bond acceptors (Lipinski definition) is 2. The summed E-state index contributed by atoms with van der Waals surface area (Å²) in [5.74, 6) is -1.32. The first kappa shape index (κ1) is 15.5. The highest BCUT2D eigenvalue weighted by Gasteiger charge is 2.26. The number of carboxylic acids is 1. The highest BCUT2D eigenvalue weighted by atomic mass is 19.4. The van der Waals surface area contributed by atoms with Crippen molar-refractivity contribution in [3.63, 3.8) is 0 Å². The normalized spacial score (nSPS) is 14.5. The molecule has 0 heterocycles. The van der Waals surface area contributed by atoms with E-state index in [1.54, 1.807) is 0 Å². The van der Waals surface area contributed by atoms with Gasteiger partial charge in [0.05, 0.1) is 0 Å². The predicted octanol–water partition coefficient (Wildman–Crippen LogP) is -1.07. The number of guanidine groups is 1. The van der Waals surface area contributed by atoms with Gasteiger partial charge in [-0.1, -0.05) is 0 Å². The Hall–Kier alpha value is -1.51. The smallest absolute Gasteiger partial charge is 0.408 e. The van der Waals surface area contributed by atoms with Crippen LogP contribution in [0.1, 0.15) is 12.8 Å². The van der Waals surface area contributed by atoms with E-state index in [1.165, 1.54) is 0 Å². The van der Waals surface area contributed by atoms with Crippen LogP contribution >= 0.6 is 0 Å². The van der Waals surface area contributed by atoms with Crippen LogP contribution in [-0.2, 0) is 4.79 Å². The Morgan fingerprint density at radius 3 is 2.59 bits per heavy atom. The van der Waals surface area contributed by atoms with Gasteiger partial charge in [0.25, 0.3) is 0 Å². The van der Waals surface area contributed by atoms with Gasteiger partial charge in [-0.2, -0.15) is 13.2 Å². The largest absolute Gasteiger partial charge is 0.477 e. The number of aliphatic carboxylic acids is 1. The summed E-state index contributed by atoms with van der Waals surface area (Å²) in [7, 11) is 0. The van der Waals surface area contributed by atoms with Gasteiger partial charge in [-0.05, 0) is 6.42 Å². The molecule has 0 amide bonds. The molecular formula is C8H16F3N4O2+. The lowest BCUT2D eigenvalue weighted by molar-refractivity contribution is -0.409. The van der Waals surface area contributed by atoms with E-state index in [9.17, 15) is 18.0 Å². The lowest BCUT2D eigenvalue weighted by Crippen LogP contribution is -2.64. The summed E-state index contributed by atoms with van der Waals surface area (Å²) in [4.78, 5) is 13.5. The molecule has 0 unspecified atom stereocenters. The van der Waals surface area contributed by atoms with Crippen LogP contribution in [0.3, 0.4) is 0 Å². The minimum Gasteiger partial charge on any atom is -0.477 e. The first-order chi connectivity index (χ1) is 7.72. The number of carbonyl (C=O) groups is 1. The molecule has 0 saturated heterocycles. The van der Waals surface area contributed by atoms with Crippen LogP contribution in [0.2, 0.25) is 0 Å². The lowest BCUT2D eigenvalue weighted by Gasteiger charge is -2.07. The number of alkyl halides is 3. The van der Waals surface area contributed by atoms with Crippen LogP contribution in [0, 0.1) is 0 Å². The van der Waals surface area contributed by atoms with E-state index < -0.39 is 24.7 Å². The number of carboxylic acid groups (broad SMARTS) is 1. The van der Waals surface area contributed by atoms with Crippen molar-refractivity contribution >= 4 is 11.9 Å². The summed E-state index contributed by atoms with van der Waals surface area (Å²) in [5.41, 5.74) is 8.55. The second kappa shape index (κ2) is 6.94. The van der Waals surface area contributed by atoms with Crippen LogP contribution in [0.4, 0.5) is 13.2 Å². The lowest BCUT2D eigenvalue weighted by atomic mass is 10.2. The van der Waals surface area contributed by atoms with Crippen LogP contribution in [0.15, 0.2) is 4.99 Å². The molecule has 0 saturated carbocycles. The van der Waals surface area contributed by atoms with Crippen molar-refractivity contribution in [2.45, 2.75) is 25.1 Å². The molecule has 100 valence electrons. The Balaban J connectivity index is 3.71. The zero-order valence-corrected chi connectivity index (χ0v) is 9.13. The average molecular weight is 257 g/mol. The molecule has 0 fully saturated rings. The van der Waals surface area contributed by atoms with E-state index in [-0.39, 0.29) is 12.5 Å². The van der Waals surface area contributed by atoms with Crippen molar-refractivity contribution in [1.82, 2.24) is 5.32 Å². The van der Waals surface area contributed by atoms with Crippen molar-refractivity contribution in [2.75, 3.05) is 13.1 Å². The molecule has 7 N–H and O–H groups in total. The van der Waals surface area contributed by atoms with Crippen LogP contribution in [0.25, 0.3) is 0 Å². The van der Waals surface area contributed by atoms with Gasteiger partial charge in [-0.3, -0.25) is 0 Å². The zero-order chi connectivity index (χ0) is 13.5. The molecule has 0 rings (SSSR count). The van der Waals surface area contributed by atoms with Crippen LogP contribution in [-0.4, -0.2) is 42.3 Å². The molecule has 6 nitrogen and oxygen atoms in total. The molecule has 17 heavy (non-hydrogen) atoms. The monoisotopic (exact) mass is 257 g/mol. The Kier molecular flexibility index (Phi) is 6.33. The number of quaternary nitrogens is 1. The average Bonchev–Trinajstić information content (AvgIpc) is 2.20. The fraction of sp³-hybridized carbons (Fsp3) is 0.750. The van der Waals surface area contributed by atoms with Gasteiger partial charge < -0.3 is 21.9 Å². The highest BCUT2D eigenvalue weighted by molar-refractivity contribution is 5.77.